The molecule has 0 fully saturated rings. The summed E-state index contributed by atoms with van der Waals surface area (Å²) < 4.78 is 56.9. The lowest BCUT2D eigenvalue weighted by Crippen LogP contribution is -2.41. The number of carboxylic acids is 1. The van der Waals surface area contributed by atoms with Crippen molar-refractivity contribution >= 4 is 29.0 Å². The monoisotopic (exact) mass is 619 g/mol. The molecule has 5 aliphatic heterocycles. The zero-order chi connectivity index (χ0) is 30.3. The SMILES string of the molecule is CSc1c(F)c(F)c(C(=O)O)c(C2=c3cc4c5c(c3Oc3c2cc2c6c3CCCN6CCCC2)CCC[N+]=5CCCC4)c1F. The highest BCUT2D eigenvalue weighted by Gasteiger charge is 2.38. The number of nitrogens with zero attached hydrogens (tertiary/aromatic N) is 2. The van der Waals surface area contributed by atoms with Crippen LogP contribution >= 0.6 is 11.8 Å². The lowest BCUT2D eigenvalue weighted by atomic mass is 9.82. The van der Waals surface area contributed by atoms with Crippen LogP contribution in [0.15, 0.2) is 17.0 Å². The van der Waals surface area contributed by atoms with Crippen molar-refractivity contribution in [3.05, 3.63) is 79.1 Å². The Bertz CT molecular complexity index is 1920. The average Bonchev–Trinajstić information content (AvgIpc) is 3.36. The summed E-state index contributed by atoms with van der Waals surface area (Å²) in [6.07, 6.45) is 10.7. The molecule has 0 bridgehead atoms. The third kappa shape index (κ3) is 4.00. The molecule has 0 unspecified atom stereocenters. The lowest BCUT2D eigenvalue weighted by molar-refractivity contribution is 0.0689. The number of anilines is 1. The third-order valence-corrected chi connectivity index (χ3v) is 10.9. The predicted molar refractivity (Wildman–Crippen MR) is 165 cm³/mol. The van der Waals surface area contributed by atoms with Gasteiger partial charge in [0.1, 0.15) is 36.0 Å². The van der Waals surface area contributed by atoms with Gasteiger partial charge in [0.25, 0.3) is 0 Å². The Labute approximate surface area is 258 Å². The van der Waals surface area contributed by atoms with Crippen LogP contribution in [-0.2, 0) is 25.7 Å². The molecule has 1 N–H and O–H groups in total. The van der Waals surface area contributed by atoms with Crippen LogP contribution in [0.1, 0.15) is 82.3 Å². The Balaban J connectivity index is 1.58. The number of carboxylic acid groups (broad SMARTS) is 1. The number of thioether (sulfide) groups is 1. The average molecular weight is 620 g/mol. The molecule has 3 aromatic carbocycles. The Kier molecular flexibility index (Phi) is 6.74. The summed E-state index contributed by atoms with van der Waals surface area (Å²) in [5.74, 6) is -4.54. The summed E-state index contributed by atoms with van der Waals surface area (Å²) in [6, 6.07) is 4.04. The molecule has 5 nitrogen and oxygen atoms in total. The summed E-state index contributed by atoms with van der Waals surface area (Å²) in [7, 11) is 0. The number of rotatable bonds is 3. The number of halogens is 3. The van der Waals surface area contributed by atoms with Gasteiger partial charge < -0.3 is 14.7 Å². The number of hydrogen-bond acceptors (Lipinski definition) is 4. The normalized spacial score (nSPS) is 18.4. The zero-order valence-corrected chi connectivity index (χ0v) is 25.6. The molecule has 3 aromatic rings. The number of fused-ring (bicyclic) bond motifs is 4. The first-order chi connectivity index (χ1) is 21.4. The molecule has 0 spiro atoms. The Morgan fingerprint density at radius 3 is 2.43 bits per heavy atom. The molecule has 8 rings (SSSR count). The van der Waals surface area contributed by atoms with Crippen LogP contribution in [0.4, 0.5) is 18.9 Å². The number of hydrogen-bond donors (Lipinski definition) is 1. The number of carbonyl (C=O) groups is 1. The Hall–Kier alpha value is -3.46. The molecule has 5 aliphatic rings. The Morgan fingerprint density at radius 2 is 1.61 bits per heavy atom. The van der Waals surface area contributed by atoms with E-state index in [4.69, 9.17) is 4.74 Å². The van der Waals surface area contributed by atoms with E-state index in [1.165, 1.54) is 17.3 Å². The van der Waals surface area contributed by atoms with Crippen LogP contribution in [0.2, 0.25) is 0 Å². The van der Waals surface area contributed by atoms with E-state index in [1.807, 2.05) is 12.1 Å². The van der Waals surface area contributed by atoms with Gasteiger partial charge in [-0.2, -0.15) is 0 Å². The third-order valence-electron chi connectivity index (χ3n) is 10.1. The first-order valence-corrected chi connectivity index (χ1v) is 17.0. The first-order valence-electron chi connectivity index (χ1n) is 15.8. The Morgan fingerprint density at radius 1 is 0.864 bits per heavy atom. The fourth-order valence-electron chi connectivity index (χ4n) is 8.35. The van der Waals surface area contributed by atoms with Gasteiger partial charge in [0.2, 0.25) is 5.36 Å². The molecular formula is C35H34F3N2O3S+. The van der Waals surface area contributed by atoms with Gasteiger partial charge in [0.15, 0.2) is 11.6 Å². The summed E-state index contributed by atoms with van der Waals surface area (Å²) in [4.78, 5) is 14.6. The van der Waals surface area contributed by atoms with Crippen molar-refractivity contribution in [3.8, 4) is 11.5 Å². The molecule has 0 atom stereocenters. The number of aryl methyl sites for hydroxylation is 2. The van der Waals surface area contributed by atoms with Crippen molar-refractivity contribution in [2.24, 2.45) is 0 Å². The van der Waals surface area contributed by atoms with E-state index in [1.54, 1.807) is 0 Å². The van der Waals surface area contributed by atoms with E-state index in [2.05, 4.69) is 9.48 Å². The van der Waals surface area contributed by atoms with Crippen LogP contribution in [0.3, 0.4) is 0 Å². The molecule has 9 heteroatoms. The lowest BCUT2D eigenvalue weighted by Gasteiger charge is -2.35. The second-order valence-electron chi connectivity index (χ2n) is 12.6. The summed E-state index contributed by atoms with van der Waals surface area (Å²) >= 11 is 0.742. The zero-order valence-electron chi connectivity index (χ0n) is 24.8. The maximum absolute atomic E-state index is 16.7. The van der Waals surface area contributed by atoms with Crippen molar-refractivity contribution in [1.82, 2.24) is 4.58 Å². The summed E-state index contributed by atoms with van der Waals surface area (Å²) in [5.41, 5.74) is 5.02. The highest BCUT2D eigenvalue weighted by atomic mass is 32.2. The second kappa shape index (κ2) is 10.6. The highest BCUT2D eigenvalue weighted by Crippen LogP contribution is 2.49. The van der Waals surface area contributed by atoms with E-state index in [-0.39, 0.29) is 0 Å². The van der Waals surface area contributed by atoms with Gasteiger partial charge >= 0.3 is 5.97 Å². The largest absolute Gasteiger partial charge is 0.478 e. The maximum Gasteiger partial charge on any atom is 0.339 e. The van der Waals surface area contributed by atoms with Gasteiger partial charge in [-0.3, -0.25) is 0 Å². The van der Waals surface area contributed by atoms with E-state index in [0.717, 1.165) is 124 Å². The number of ether oxygens (including phenoxy) is 1. The summed E-state index contributed by atoms with van der Waals surface area (Å²) in [5, 5.41) is 12.0. The molecule has 44 heavy (non-hydrogen) atoms. The van der Waals surface area contributed by atoms with E-state index >= 15 is 13.2 Å². The fraction of sp³-hybridized carbons (Fsp3) is 0.429. The van der Waals surface area contributed by atoms with Gasteiger partial charge in [0, 0.05) is 64.7 Å². The molecule has 5 heterocycles. The van der Waals surface area contributed by atoms with Crippen LogP contribution in [0.25, 0.3) is 5.57 Å². The smallest absolute Gasteiger partial charge is 0.339 e. The highest BCUT2D eigenvalue weighted by molar-refractivity contribution is 7.98. The molecule has 0 aromatic heterocycles. The molecule has 0 aliphatic carbocycles. The van der Waals surface area contributed by atoms with Crippen molar-refractivity contribution in [1.29, 1.82) is 0 Å². The number of aromatic carboxylic acids is 1. The minimum Gasteiger partial charge on any atom is -0.478 e. The van der Waals surface area contributed by atoms with Gasteiger partial charge in [-0.1, -0.05) is 0 Å². The topological polar surface area (TPSA) is 52.8 Å². The van der Waals surface area contributed by atoms with Gasteiger partial charge in [-0.25, -0.2) is 22.5 Å². The summed E-state index contributed by atoms with van der Waals surface area (Å²) in [6.45, 7) is 3.82. The van der Waals surface area contributed by atoms with Crippen LogP contribution in [0, 0.1) is 17.5 Å². The molecule has 0 saturated carbocycles. The van der Waals surface area contributed by atoms with Crippen LogP contribution in [-0.4, -0.2) is 43.5 Å². The van der Waals surface area contributed by atoms with E-state index in [0.29, 0.717) is 27.9 Å². The van der Waals surface area contributed by atoms with Gasteiger partial charge in [-0.05, 0) is 75.3 Å². The molecule has 228 valence electrons. The van der Waals surface area contributed by atoms with Crippen molar-refractivity contribution < 1.29 is 27.8 Å². The van der Waals surface area contributed by atoms with Gasteiger partial charge in [0.05, 0.1) is 10.5 Å². The molecule has 0 radical (unpaired) electrons. The first kappa shape index (κ1) is 28.0. The molecular weight excluding hydrogens is 585 g/mol. The van der Waals surface area contributed by atoms with Crippen molar-refractivity contribution in [2.45, 2.75) is 69.1 Å². The standard InChI is InChI=1S/C35H33F3N2O3S/c1-44-34-28(37)25(26(35(41)42)27(36)29(34)38)24-22-16-18-8-2-4-12-39-14-6-10-20(30(18)39)32(22)43-33-21-11-7-15-40-13-5-3-9-19(31(21)40)17-23(24)33/h16-17H,2-15H2,1H3/p+1. The molecule has 0 saturated heterocycles. The predicted octanol–water partition coefficient (Wildman–Crippen LogP) is 5.74. The number of benzene rings is 3. The molecule has 0 amide bonds. The van der Waals surface area contributed by atoms with E-state index < -0.39 is 39.4 Å². The second-order valence-corrected chi connectivity index (χ2v) is 13.4. The fourth-order valence-corrected chi connectivity index (χ4v) is 8.90. The van der Waals surface area contributed by atoms with Crippen LogP contribution < -0.4 is 24.8 Å². The minimum absolute atomic E-state index is 0.297. The van der Waals surface area contributed by atoms with Gasteiger partial charge in [-0.15, -0.1) is 11.8 Å². The van der Waals surface area contributed by atoms with Crippen LogP contribution in [0.5, 0.6) is 11.5 Å². The minimum atomic E-state index is -1.70. The quantitative estimate of drug-likeness (QED) is 0.180. The van der Waals surface area contributed by atoms with Crippen molar-refractivity contribution in [2.75, 3.05) is 37.3 Å². The van der Waals surface area contributed by atoms with Crippen molar-refractivity contribution in [3.63, 3.8) is 0 Å². The van der Waals surface area contributed by atoms with E-state index in [9.17, 15) is 9.90 Å². The maximum atomic E-state index is 16.7.